The maximum absolute atomic E-state index is 13.9. The van der Waals surface area contributed by atoms with Crippen molar-refractivity contribution in [2.24, 2.45) is 0 Å². The number of phenols is 1. The van der Waals surface area contributed by atoms with Crippen LogP contribution in [0.5, 0.6) is 5.75 Å². The summed E-state index contributed by atoms with van der Waals surface area (Å²) in [4.78, 5) is 23.2. The highest BCUT2D eigenvalue weighted by atomic mass is 16.3. The molecule has 7 nitrogen and oxygen atoms in total. The van der Waals surface area contributed by atoms with Crippen molar-refractivity contribution in [1.29, 1.82) is 0 Å². The minimum atomic E-state index is -0.236. The first-order valence-corrected chi connectivity index (χ1v) is 13.6. The summed E-state index contributed by atoms with van der Waals surface area (Å²) in [5, 5.41) is 16.1. The third-order valence-corrected chi connectivity index (χ3v) is 7.99. The lowest BCUT2D eigenvalue weighted by Gasteiger charge is -2.39. The van der Waals surface area contributed by atoms with Gasteiger partial charge in [-0.05, 0) is 42.3 Å². The SMILES string of the molecule is CC(C)c1ccccc1-n1c2c(c(N3CCNCC3C)nc1=O)CCN(c1cc(O)cc3ccccc13)C2. The Labute approximate surface area is 223 Å². The van der Waals surface area contributed by atoms with Gasteiger partial charge in [-0.3, -0.25) is 4.57 Å². The molecule has 0 radical (unpaired) electrons. The van der Waals surface area contributed by atoms with Crippen molar-refractivity contribution < 1.29 is 5.11 Å². The smallest absolute Gasteiger partial charge is 0.354 e. The van der Waals surface area contributed by atoms with Crippen LogP contribution < -0.4 is 20.8 Å². The number of nitrogens with one attached hydrogen (secondary N) is 1. The molecule has 7 heteroatoms. The van der Waals surface area contributed by atoms with E-state index in [0.717, 1.165) is 77.4 Å². The number of nitrogens with zero attached hydrogens (tertiary/aromatic N) is 4. The summed E-state index contributed by atoms with van der Waals surface area (Å²) >= 11 is 0. The van der Waals surface area contributed by atoms with E-state index in [1.165, 1.54) is 0 Å². The molecule has 2 N–H and O–H groups in total. The van der Waals surface area contributed by atoms with E-state index < -0.39 is 0 Å². The maximum Gasteiger partial charge on any atom is 0.354 e. The molecule has 1 unspecified atom stereocenters. The maximum atomic E-state index is 13.9. The Morgan fingerprint density at radius 3 is 2.63 bits per heavy atom. The molecule has 0 amide bonds. The van der Waals surface area contributed by atoms with Crippen molar-refractivity contribution in [3.63, 3.8) is 0 Å². The quantitative estimate of drug-likeness (QED) is 0.420. The minimum Gasteiger partial charge on any atom is -0.508 e. The third-order valence-electron chi connectivity index (χ3n) is 7.99. The zero-order chi connectivity index (χ0) is 26.4. The Kier molecular flexibility index (Phi) is 6.32. The van der Waals surface area contributed by atoms with Crippen molar-refractivity contribution in [3.8, 4) is 11.4 Å². The molecule has 196 valence electrons. The summed E-state index contributed by atoms with van der Waals surface area (Å²) in [6.45, 7) is 10.4. The molecule has 1 saturated heterocycles. The molecule has 2 aliphatic heterocycles. The minimum absolute atomic E-state index is 0.236. The molecule has 4 aromatic rings. The second kappa shape index (κ2) is 9.80. The van der Waals surface area contributed by atoms with Gasteiger partial charge >= 0.3 is 5.69 Å². The van der Waals surface area contributed by atoms with E-state index in [1.54, 1.807) is 6.07 Å². The Morgan fingerprint density at radius 2 is 1.82 bits per heavy atom. The molecule has 0 bridgehead atoms. The number of rotatable bonds is 4. The normalized spacial score (nSPS) is 17.7. The summed E-state index contributed by atoms with van der Waals surface area (Å²) < 4.78 is 1.85. The van der Waals surface area contributed by atoms with Crippen LogP contribution in [-0.2, 0) is 13.0 Å². The van der Waals surface area contributed by atoms with Gasteiger partial charge in [0.25, 0.3) is 0 Å². The van der Waals surface area contributed by atoms with Gasteiger partial charge in [0.05, 0.1) is 17.9 Å². The summed E-state index contributed by atoms with van der Waals surface area (Å²) in [5.41, 5.74) is 4.91. The molecule has 38 heavy (non-hydrogen) atoms. The standard InChI is InChI=1S/C31H35N5O2/c1-20(2)24-9-6-7-11-27(24)36-29-19-34(28-17-23(37)16-22-8-4-5-10-25(22)28)14-12-26(29)30(33-31(36)38)35-15-13-32-18-21(35)3/h4-11,16-17,20-21,32,37H,12-15,18-19H2,1-3H3. The monoisotopic (exact) mass is 509 g/mol. The Morgan fingerprint density at radius 1 is 1.03 bits per heavy atom. The van der Waals surface area contributed by atoms with Gasteiger partial charge in [0.1, 0.15) is 11.6 Å². The van der Waals surface area contributed by atoms with Gasteiger partial charge in [-0.2, -0.15) is 4.98 Å². The number of aromatic nitrogens is 2. The second-order valence-electron chi connectivity index (χ2n) is 10.8. The first-order valence-electron chi connectivity index (χ1n) is 13.6. The van der Waals surface area contributed by atoms with Crippen molar-refractivity contribution in [3.05, 3.63) is 88.0 Å². The highest BCUT2D eigenvalue weighted by Crippen LogP contribution is 2.37. The number of anilines is 2. The number of aromatic hydroxyl groups is 1. The molecule has 2 aliphatic rings. The summed E-state index contributed by atoms with van der Waals surface area (Å²) in [5.74, 6) is 1.34. The highest BCUT2D eigenvalue weighted by Gasteiger charge is 2.31. The Hall–Kier alpha value is -3.84. The molecule has 1 fully saturated rings. The lowest BCUT2D eigenvalue weighted by atomic mass is 9.98. The topological polar surface area (TPSA) is 73.6 Å². The highest BCUT2D eigenvalue weighted by molar-refractivity contribution is 5.95. The zero-order valence-electron chi connectivity index (χ0n) is 22.3. The van der Waals surface area contributed by atoms with Crippen LogP contribution in [0.2, 0.25) is 0 Å². The first-order chi connectivity index (χ1) is 18.4. The van der Waals surface area contributed by atoms with Gasteiger partial charge in [-0.1, -0.05) is 56.3 Å². The van der Waals surface area contributed by atoms with Crippen molar-refractivity contribution >= 4 is 22.3 Å². The summed E-state index contributed by atoms with van der Waals surface area (Å²) in [6, 6.07) is 20.2. The lowest BCUT2D eigenvalue weighted by molar-refractivity contribution is 0.476. The fraction of sp³-hybridized carbons (Fsp3) is 0.355. The van der Waals surface area contributed by atoms with Crippen LogP contribution in [0.15, 0.2) is 65.5 Å². The number of hydrogen-bond acceptors (Lipinski definition) is 6. The Balaban J connectivity index is 1.56. The predicted octanol–water partition coefficient (Wildman–Crippen LogP) is 4.58. The van der Waals surface area contributed by atoms with Crippen LogP contribution >= 0.6 is 0 Å². The van der Waals surface area contributed by atoms with Crippen LogP contribution in [0, 0.1) is 0 Å². The average molecular weight is 510 g/mol. The fourth-order valence-electron chi connectivity index (χ4n) is 6.08. The third kappa shape index (κ3) is 4.21. The van der Waals surface area contributed by atoms with Gasteiger partial charge in [0.2, 0.25) is 0 Å². The lowest BCUT2D eigenvalue weighted by Crippen LogP contribution is -2.52. The summed E-state index contributed by atoms with van der Waals surface area (Å²) in [6.07, 6.45) is 0.766. The average Bonchev–Trinajstić information content (AvgIpc) is 2.92. The van der Waals surface area contributed by atoms with E-state index >= 15 is 0 Å². The first kappa shape index (κ1) is 24.5. The van der Waals surface area contributed by atoms with Gasteiger partial charge in [0.15, 0.2) is 0 Å². The van der Waals surface area contributed by atoms with E-state index in [9.17, 15) is 9.90 Å². The zero-order valence-corrected chi connectivity index (χ0v) is 22.3. The van der Waals surface area contributed by atoms with Crippen LogP contribution in [0.4, 0.5) is 11.5 Å². The van der Waals surface area contributed by atoms with Gasteiger partial charge in [0, 0.05) is 54.9 Å². The molecule has 0 saturated carbocycles. The molecule has 3 aromatic carbocycles. The molecule has 1 atom stereocenters. The van der Waals surface area contributed by atoms with E-state index in [-0.39, 0.29) is 23.4 Å². The van der Waals surface area contributed by atoms with Crippen LogP contribution in [0.25, 0.3) is 16.5 Å². The van der Waals surface area contributed by atoms with Gasteiger partial charge < -0.3 is 20.2 Å². The van der Waals surface area contributed by atoms with Crippen LogP contribution in [0.1, 0.15) is 43.5 Å². The number of piperazine rings is 1. The fourth-order valence-corrected chi connectivity index (χ4v) is 6.08. The van der Waals surface area contributed by atoms with E-state index in [0.29, 0.717) is 6.54 Å². The summed E-state index contributed by atoms with van der Waals surface area (Å²) in [7, 11) is 0. The number of para-hydroxylation sites is 1. The molecule has 3 heterocycles. The van der Waals surface area contributed by atoms with Crippen molar-refractivity contribution in [2.75, 3.05) is 36.0 Å². The molecule has 0 spiro atoms. The number of phenolic OH excluding ortho intramolecular Hbond substituents is 1. The molecule has 1 aromatic heterocycles. The van der Waals surface area contributed by atoms with Crippen molar-refractivity contribution in [1.82, 2.24) is 14.9 Å². The largest absolute Gasteiger partial charge is 0.508 e. The number of benzene rings is 3. The van der Waals surface area contributed by atoms with Gasteiger partial charge in [-0.25, -0.2) is 4.79 Å². The number of hydrogen-bond donors (Lipinski definition) is 2. The van der Waals surface area contributed by atoms with E-state index in [1.807, 2.05) is 47.0 Å². The molecular weight excluding hydrogens is 474 g/mol. The van der Waals surface area contributed by atoms with E-state index in [2.05, 4.69) is 48.0 Å². The molecular formula is C31H35N5O2. The molecule has 0 aliphatic carbocycles. The van der Waals surface area contributed by atoms with Crippen molar-refractivity contribution in [2.45, 2.75) is 45.7 Å². The second-order valence-corrected chi connectivity index (χ2v) is 10.8. The van der Waals surface area contributed by atoms with Gasteiger partial charge in [-0.15, -0.1) is 0 Å². The Bertz CT molecular complexity index is 1560. The van der Waals surface area contributed by atoms with Crippen LogP contribution in [0.3, 0.4) is 0 Å². The molecule has 6 rings (SSSR count). The van der Waals surface area contributed by atoms with E-state index in [4.69, 9.17) is 4.98 Å². The van der Waals surface area contributed by atoms with Crippen LogP contribution in [-0.4, -0.2) is 46.9 Å². The predicted molar refractivity (Wildman–Crippen MR) is 154 cm³/mol. The number of fused-ring (bicyclic) bond motifs is 2.